The summed E-state index contributed by atoms with van der Waals surface area (Å²) in [6, 6.07) is 46.9. The number of carbonyl (C=O) groups is 6. The van der Waals surface area contributed by atoms with Crippen LogP contribution in [0.4, 0.5) is 14.4 Å². The minimum absolute atomic E-state index is 0.0228. The monoisotopic (exact) mass is 854 g/mol. The lowest BCUT2D eigenvalue weighted by molar-refractivity contribution is -0.217. The highest BCUT2D eigenvalue weighted by molar-refractivity contribution is 5.92. The number of hydrogen-bond acceptors (Lipinski definition) is 15. The van der Waals surface area contributed by atoms with Gasteiger partial charge in [0.2, 0.25) is 0 Å². The van der Waals surface area contributed by atoms with Gasteiger partial charge in [0, 0.05) is 0 Å². The molecular formula is C48H38O15. The van der Waals surface area contributed by atoms with Gasteiger partial charge in [-0.05, 0) is 76.2 Å². The van der Waals surface area contributed by atoms with Crippen molar-refractivity contribution in [1.82, 2.24) is 0 Å². The Labute approximate surface area is 360 Å². The fourth-order valence-electron chi connectivity index (χ4n) is 5.87. The lowest BCUT2D eigenvalue weighted by atomic mass is 9.88. The molecule has 6 aromatic carbocycles. The Hall–Kier alpha value is -8.46. The van der Waals surface area contributed by atoms with Gasteiger partial charge in [-0.15, -0.1) is 0 Å². The standard InChI is InChI=1S/C48H38O15/c1-2-48(30-55-45(52)61-58-42(49)39-24-12-21-36(27-39)33-15-6-3-7-16-33,31-56-46(53)62-59-43(50)40-25-13-22-37(28-40)34-17-8-4-9-18-34)32-57-47(54)63-60-44(51)41-26-14-23-38(29-41)35-19-10-5-11-20-35/h3-29H,2,30-32H2,1H3. The van der Waals surface area contributed by atoms with Gasteiger partial charge in [-0.2, -0.15) is 14.4 Å². The van der Waals surface area contributed by atoms with Crippen molar-refractivity contribution >= 4 is 36.4 Å². The second kappa shape index (κ2) is 21.7. The summed E-state index contributed by atoms with van der Waals surface area (Å²) in [5.41, 5.74) is 3.26. The molecule has 320 valence electrons. The first-order chi connectivity index (χ1) is 30.6. The van der Waals surface area contributed by atoms with Gasteiger partial charge in [-0.3, -0.25) is 0 Å². The van der Waals surface area contributed by atoms with E-state index in [1.807, 2.05) is 91.0 Å². The van der Waals surface area contributed by atoms with Crippen LogP contribution in [0, 0.1) is 5.41 Å². The van der Waals surface area contributed by atoms with Crippen molar-refractivity contribution in [3.05, 3.63) is 180 Å². The summed E-state index contributed by atoms with van der Waals surface area (Å²) in [5, 5.41) is 0. The molecule has 15 nitrogen and oxygen atoms in total. The van der Waals surface area contributed by atoms with Gasteiger partial charge in [0.1, 0.15) is 19.8 Å². The summed E-state index contributed by atoms with van der Waals surface area (Å²) in [5.74, 6) is -3.02. The second-order valence-electron chi connectivity index (χ2n) is 13.7. The van der Waals surface area contributed by atoms with Crippen LogP contribution in [-0.2, 0) is 43.5 Å². The lowest BCUT2D eigenvalue weighted by Gasteiger charge is -2.29. The number of carbonyl (C=O) groups excluding carboxylic acids is 6. The summed E-state index contributed by atoms with van der Waals surface area (Å²) in [7, 11) is 0. The van der Waals surface area contributed by atoms with Gasteiger partial charge < -0.3 is 14.2 Å². The van der Waals surface area contributed by atoms with E-state index in [2.05, 4.69) is 14.7 Å². The molecule has 0 atom stereocenters. The van der Waals surface area contributed by atoms with Crippen molar-refractivity contribution in [2.75, 3.05) is 19.8 Å². The summed E-state index contributed by atoms with van der Waals surface area (Å²) >= 11 is 0. The molecule has 15 heteroatoms. The van der Waals surface area contributed by atoms with Crippen LogP contribution in [-0.4, -0.2) is 56.2 Å². The van der Waals surface area contributed by atoms with E-state index < -0.39 is 61.6 Å². The van der Waals surface area contributed by atoms with Gasteiger partial charge >= 0.3 is 36.4 Å². The number of ether oxygens (including phenoxy) is 3. The highest BCUT2D eigenvalue weighted by Gasteiger charge is 2.36. The fourth-order valence-corrected chi connectivity index (χ4v) is 5.87. The van der Waals surface area contributed by atoms with E-state index in [0.717, 1.165) is 16.7 Å². The zero-order chi connectivity index (χ0) is 44.4. The van der Waals surface area contributed by atoms with E-state index in [-0.39, 0.29) is 23.1 Å². The molecular weight excluding hydrogens is 817 g/mol. The Morgan fingerprint density at radius 3 is 0.889 bits per heavy atom. The van der Waals surface area contributed by atoms with E-state index in [1.165, 1.54) is 18.2 Å². The van der Waals surface area contributed by atoms with Crippen LogP contribution in [0.25, 0.3) is 33.4 Å². The average Bonchev–Trinajstić information content (AvgIpc) is 3.34. The molecule has 0 saturated heterocycles. The molecule has 0 fully saturated rings. The summed E-state index contributed by atoms with van der Waals surface area (Å²) < 4.78 is 15.5. The molecule has 0 amide bonds. The molecule has 0 N–H and O–H groups in total. The Kier molecular flexibility index (Phi) is 15.2. The Balaban J connectivity index is 1.05. The summed E-state index contributed by atoms with van der Waals surface area (Å²) in [6.07, 6.45) is -4.47. The molecule has 6 aromatic rings. The van der Waals surface area contributed by atoms with Crippen molar-refractivity contribution in [3.8, 4) is 33.4 Å². The maximum absolute atomic E-state index is 12.7. The van der Waals surface area contributed by atoms with Crippen molar-refractivity contribution in [3.63, 3.8) is 0 Å². The molecule has 0 radical (unpaired) electrons. The Bertz CT molecular complexity index is 2250. The molecule has 0 heterocycles. The van der Waals surface area contributed by atoms with Crippen LogP contribution in [0.1, 0.15) is 44.4 Å². The minimum atomic E-state index is -1.56. The first-order valence-electron chi connectivity index (χ1n) is 19.2. The summed E-state index contributed by atoms with van der Waals surface area (Å²) in [6.45, 7) is -0.469. The van der Waals surface area contributed by atoms with E-state index in [1.54, 1.807) is 61.5 Å². The first-order valence-corrected chi connectivity index (χ1v) is 19.2. The molecule has 0 spiro atoms. The van der Waals surface area contributed by atoms with Crippen molar-refractivity contribution < 1.29 is 72.3 Å². The SMILES string of the molecule is CCC(COC(=O)OOC(=O)c1cccc(-c2ccccc2)c1)(COC(=O)OOC(=O)c1cccc(-c2ccccc2)c1)COC(=O)OOC(=O)c1cccc(-c2ccccc2)c1. The molecule has 0 aliphatic carbocycles. The largest absolute Gasteiger partial charge is 0.549 e. The van der Waals surface area contributed by atoms with Gasteiger partial charge in [0.25, 0.3) is 0 Å². The fraction of sp³-hybridized carbons (Fsp3) is 0.125. The van der Waals surface area contributed by atoms with Crippen molar-refractivity contribution in [2.45, 2.75) is 13.3 Å². The molecule has 0 unspecified atom stereocenters. The molecule has 0 aliphatic heterocycles. The van der Waals surface area contributed by atoms with Crippen LogP contribution in [0.5, 0.6) is 0 Å². The van der Waals surface area contributed by atoms with Gasteiger partial charge in [-0.1, -0.05) is 134 Å². The quantitative estimate of drug-likeness (QED) is 0.0462. The molecule has 6 rings (SSSR count). The predicted molar refractivity (Wildman–Crippen MR) is 222 cm³/mol. The normalized spacial score (nSPS) is 10.6. The first kappa shape index (κ1) is 44.1. The van der Waals surface area contributed by atoms with Crippen molar-refractivity contribution in [1.29, 1.82) is 0 Å². The Morgan fingerprint density at radius 2 is 0.619 bits per heavy atom. The highest BCUT2D eigenvalue weighted by Crippen LogP contribution is 2.27. The van der Waals surface area contributed by atoms with E-state index >= 15 is 0 Å². The number of benzene rings is 6. The van der Waals surface area contributed by atoms with Crippen LogP contribution >= 0.6 is 0 Å². The third-order valence-electron chi connectivity index (χ3n) is 9.41. The molecule has 0 aromatic heterocycles. The minimum Gasteiger partial charge on any atom is -0.431 e. The maximum Gasteiger partial charge on any atom is 0.549 e. The van der Waals surface area contributed by atoms with E-state index in [0.29, 0.717) is 16.7 Å². The van der Waals surface area contributed by atoms with E-state index in [9.17, 15) is 28.8 Å². The van der Waals surface area contributed by atoms with Crippen LogP contribution < -0.4 is 0 Å². The smallest absolute Gasteiger partial charge is 0.431 e. The molecule has 0 aliphatic rings. The van der Waals surface area contributed by atoms with Gasteiger partial charge in [0.15, 0.2) is 0 Å². The lowest BCUT2D eigenvalue weighted by Crippen LogP contribution is -2.39. The molecule has 0 saturated carbocycles. The number of rotatable bonds is 13. The topological polar surface area (TPSA) is 185 Å². The average molecular weight is 855 g/mol. The molecule has 63 heavy (non-hydrogen) atoms. The zero-order valence-corrected chi connectivity index (χ0v) is 33.5. The molecule has 0 bridgehead atoms. The predicted octanol–water partition coefficient (Wildman–Crippen LogP) is 10.2. The third kappa shape index (κ3) is 12.8. The van der Waals surface area contributed by atoms with E-state index in [4.69, 9.17) is 28.9 Å². The highest BCUT2D eigenvalue weighted by atomic mass is 17.2. The van der Waals surface area contributed by atoms with Gasteiger partial charge in [-0.25, -0.2) is 43.7 Å². The second-order valence-corrected chi connectivity index (χ2v) is 13.7. The number of hydrogen-bond donors (Lipinski definition) is 0. The summed E-state index contributed by atoms with van der Waals surface area (Å²) in [4.78, 5) is 104. The third-order valence-corrected chi connectivity index (χ3v) is 9.41. The van der Waals surface area contributed by atoms with Crippen LogP contribution in [0.15, 0.2) is 164 Å². The van der Waals surface area contributed by atoms with Crippen molar-refractivity contribution in [2.24, 2.45) is 5.41 Å². The zero-order valence-electron chi connectivity index (χ0n) is 33.5. The van der Waals surface area contributed by atoms with Gasteiger partial charge in [0.05, 0.1) is 22.1 Å². The Morgan fingerprint density at radius 1 is 0.349 bits per heavy atom. The van der Waals surface area contributed by atoms with Crippen LogP contribution in [0.2, 0.25) is 0 Å². The maximum atomic E-state index is 12.7. The van der Waals surface area contributed by atoms with Crippen LogP contribution in [0.3, 0.4) is 0 Å².